The van der Waals surface area contributed by atoms with Crippen LogP contribution in [0.3, 0.4) is 0 Å². The highest BCUT2D eigenvalue weighted by molar-refractivity contribution is 5.79. The van der Waals surface area contributed by atoms with Crippen LogP contribution in [0.25, 0.3) is 0 Å². The summed E-state index contributed by atoms with van der Waals surface area (Å²) >= 11 is 0. The van der Waals surface area contributed by atoms with Crippen molar-refractivity contribution in [1.29, 1.82) is 0 Å². The molecule has 140 valence electrons. The van der Waals surface area contributed by atoms with Crippen molar-refractivity contribution in [2.45, 2.75) is 57.8 Å². The van der Waals surface area contributed by atoms with E-state index in [0.29, 0.717) is 18.8 Å². The fourth-order valence-electron chi connectivity index (χ4n) is 3.36. The zero-order valence-electron chi connectivity index (χ0n) is 15.4. The maximum absolute atomic E-state index is 6.04. The molecule has 25 heavy (non-hydrogen) atoms. The van der Waals surface area contributed by atoms with Gasteiger partial charge in [-0.3, -0.25) is 4.99 Å². The molecular formula is C18H30N4O3. The standard InChI is InChI=1S/C18H30N4O3/c1-3-14-11-17(25-21-14)12-20-18(19-2)22-8-6-15(7-9-22)24-13-16-5-4-10-23-16/h11,15-16H,3-10,12-13H2,1-2H3,(H,19,20). The Morgan fingerprint density at radius 3 is 2.88 bits per heavy atom. The highest BCUT2D eigenvalue weighted by Crippen LogP contribution is 2.18. The Kier molecular flexibility index (Phi) is 6.69. The molecule has 0 amide bonds. The summed E-state index contributed by atoms with van der Waals surface area (Å²) in [5, 5.41) is 7.38. The van der Waals surface area contributed by atoms with Crippen LogP contribution in [0.4, 0.5) is 0 Å². The lowest BCUT2D eigenvalue weighted by Gasteiger charge is -2.34. The van der Waals surface area contributed by atoms with Crippen molar-refractivity contribution in [1.82, 2.24) is 15.4 Å². The number of aliphatic imine (C=N–C) groups is 1. The minimum Gasteiger partial charge on any atom is -0.376 e. The molecule has 1 unspecified atom stereocenters. The normalized spacial score (nSPS) is 22.6. The minimum atomic E-state index is 0.308. The molecule has 0 spiro atoms. The lowest BCUT2D eigenvalue weighted by atomic mass is 10.1. The van der Waals surface area contributed by atoms with Crippen molar-refractivity contribution >= 4 is 5.96 Å². The van der Waals surface area contributed by atoms with Gasteiger partial charge in [-0.25, -0.2) is 0 Å². The summed E-state index contributed by atoms with van der Waals surface area (Å²) in [6.07, 6.45) is 5.88. The first-order valence-corrected chi connectivity index (χ1v) is 9.41. The molecule has 2 fully saturated rings. The van der Waals surface area contributed by atoms with E-state index in [1.807, 2.05) is 13.1 Å². The Morgan fingerprint density at radius 2 is 2.24 bits per heavy atom. The van der Waals surface area contributed by atoms with Gasteiger partial charge in [0.15, 0.2) is 11.7 Å². The van der Waals surface area contributed by atoms with Crippen LogP contribution in [0.1, 0.15) is 44.1 Å². The minimum absolute atomic E-state index is 0.308. The smallest absolute Gasteiger partial charge is 0.194 e. The number of likely N-dealkylation sites (tertiary alicyclic amines) is 1. The molecule has 2 saturated heterocycles. The maximum Gasteiger partial charge on any atom is 0.194 e. The second kappa shape index (κ2) is 9.20. The van der Waals surface area contributed by atoms with Gasteiger partial charge in [0.25, 0.3) is 0 Å². The van der Waals surface area contributed by atoms with E-state index in [-0.39, 0.29) is 0 Å². The van der Waals surface area contributed by atoms with Crippen molar-refractivity contribution in [2.75, 3.05) is 33.4 Å². The van der Waals surface area contributed by atoms with Crippen LogP contribution in [0.5, 0.6) is 0 Å². The fraction of sp³-hybridized carbons (Fsp3) is 0.778. The van der Waals surface area contributed by atoms with E-state index in [1.165, 1.54) is 6.42 Å². The third-order valence-electron chi connectivity index (χ3n) is 4.89. The molecule has 1 aromatic rings. The van der Waals surface area contributed by atoms with Crippen molar-refractivity contribution in [3.8, 4) is 0 Å². The number of hydrogen-bond donors (Lipinski definition) is 1. The molecule has 0 bridgehead atoms. The molecule has 1 aromatic heterocycles. The summed E-state index contributed by atoms with van der Waals surface area (Å²) in [5.74, 6) is 1.75. The van der Waals surface area contributed by atoms with E-state index in [2.05, 4.69) is 27.3 Å². The van der Waals surface area contributed by atoms with Gasteiger partial charge in [-0.05, 0) is 32.1 Å². The van der Waals surface area contributed by atoms with Gasteiger partial charge >= 0.3 is 0 Å². The van der Waals surface area contributed by atoms with Crippen molar-refractivity contribution in [3.05, 3.63) is 17.5 Å². The fourth-order valence-corrected chi connectivity index (χ4v) is 3.36. The summed E-state index contributed by atoms with van der Waals surface area (Å²) < 4.78 is 17.0. The van der Waals surface area contributed by atoms with Gasteiger partial charge in [0.1, 0.15) is 0 Å². The van der Waals surface area contributed by atoms with Crippen LogP contribution >= 0.6 is 0 Å². The highest BCUT2D eigenvalue weighted by atomic mass is 16.5. The first-order chi connectivity index (χ1) is 12.3. The second-order valence-electron chi connectivity index (χ2n) is 6.69. The van der Waals surface area contributed by atoms with E-state index in [4.69, 9.17) is 14.0 Å². The molecule has 0 aromatic carbocycles. The average Bonchev–Trinajstić information content (AvgIpc) is 3.33. The van der Waals surface area contributed by atoms with Gasteiger partial charge in [-0.15, -0.1) is 0 Å². The molecule has 0 saturated carbocycles. The molecule has 0 radical (unpaired) electrons. The third-order valence-corrected chi connectivity index (χ3v) is 4.89. The van der Waals surface area contributed by atoms with Gasteiger partial charge in [0.05, 0.1) is 31.1 Å². The van der Waals surface area contributed by atoms with Crippen LogP contribution < -0.4 is 5.32 Å². The van der Waals surface area contributed by atoms with Gasteiger partial charge in [-0.2, -0.15) is 0 Å². The monoisotopic (exact) mass is 350 g/mol. The van der Waals surface area contributed by atoms with E-state index < -0.39 is 0 Å². The number of rotatable bonds is 6. The van der Waals surface area contributed by atoms with Crippen LogP contribution in [0, 0.1) is 0 Å². The summed E-state index contributed by atoms with van der Waals surface area (Å²) in [6.45, 7) is 6.20. The number of ether oxygens (including phenoxy) is 2. The van der Waals surface area contributed by atoms with Gasteiger partial charge in [0.2, 0.25) is 0 Å². The molecule has 1 N–H and O–H groups in total. The second-order valence-corrected chi connectivity index (χ2v) is 6.69. The maximum atomic E-state index is 6.04. The first-order valence-electron chi connectivity index (χ1n) is 9.41. The zero-order chi connectivity index (χ0) is 17.5. The largest absolute Gasteiger partial charge is 0.376 e. The van der Waals surface area contributed by atoms with E-state index in [0.717, 1.165) is 69.4 Å². The molecule has 2 aliphatic heterocycles. The lowest BCUT2D eigenvalue weighted by Crippen LogP contribution is -2.47. The van der Waals surface area contributed by atoms with Crippen molar-refractivity contribution in [3.63, 3.8) is 0 Å². The Balaban J connectivity index is 1.39. The Bertz CT molecular complexity index is 546. The van der Waals surface area contributed by atoms with E-state index in [9.17, 15) is 0 Å². The number of guanidine groups is 1. The van der Waals surface area contributed by atoms with Gasteiger partial charge in [0, 0.05) is 32.8 Å². The summed E-state index contributed by atoms with van der Waals surface area (Å²) in [5.41, 5.74) is 0.982. The number of aromatic nitrogens is 1. The van der Waals surface area contributed by atoms with Crippen molar-refractivity contribution in [2.24, 2.45) is 4.99 Å². The van der Waals surface area contributed by atoms with Gasteiger partial charge < -0.3 is 24.2 Å². The number of nitrogens with zero attached hydrogens (tertiary/aromatic N) is 3. The molecule has 3 heterocycles. The summed E-state index contributed by atoms with van der Waals surface area (Å²) in [7, 11) is 1.82. The first kappa shape index (κ1) is 18.2. The topological polar surface area (TPSA) is 72.1 Å². The quantitative estimate of drug-likeness (QED) is 0.625. The van der Waals surface area contributed by atoms with Crippen LogP contribution in [0.15, 0.2) is 15.6 Å². The number of piperidine rings is 1. The number of nitrogens with one attached hydrogen (secondary N) is 1. The highest BCUT2D eigenvalue weighted by Gasteiger charge is 2.24. The Hall–Kier alpha value is -1.60. The number of aryl methyl sites for hydroxylation is 1. The molecule has 1 atom stereocenters. The Morgan fingerprint density at radius 1 is 1.40 bits per heavy atom. The number of hydrogen-bond acceptors (Lipinski definition) is 5. The van der Waals surface area contributed by atoms with Crippen molar-refractivity contribution < 1.29 is 14.0 Å². The summed E-state index contributed by atoms with van der Waals surface area (Å²) in [6, 6.07) is 1.99. The van der Waals surface area contributed by atoms with Crippen LogP contribution in [-0.2, 0) is 22.4 Å². The third kappa shape index (κ3) is 5.19. The van der Waals surface area contributed by atoms with E-state index >= 15 is 0 Å². The molecular weight excluding hydrogens is 320 g/mol. The Labute approximate surface area is 149 Å². The molecule has 0 aliphatic carbocycles. The van der Waals surface area contributed by atoms with E-state index in [1.54, 1.807) is 0 Å². The van der Waals surface area contributed by atoms with Gasteiger partial charge in [-0.1, -0.05) is 12.1 Å². The predicted molar refractivity (Wildman–Crippen MR) is 95.6 cm³/mol. The van der Waals surface area contributed by atoms with Crippen LogP contribution in [0.2, 0.25) is 0 Å². The molecule has 2 aliphatic rings. The predicted octanol–water partition coefficient (Wildman–Crippen LogP) is 1.97. The zero-order valence-corrected chi connectivity index (χ0v) is 15.4. The lowest BCUT2D eigenvalue weighted by molar-refractivity contribution is -0.0367. The molecule has 3 rings (SSSR count). The summed E-state index contributed by atoms with van der Waals surface area (Å²) in [4.78, 5) is 6.68. The SMILES string of the molecule is CCc1cc(CNC(=NC)N2CCC(OCC3CCCO3)CC2)on1. The van der Waals surface area contributed by atoms with Crippen LogP contribution in [-0.4, -0.2) is 61.6 Å². The average molecular weight is 350 g/mol. The molecule has 7 nitrogen and oxygen atoms in total. The molecule has 7 heteroatoms.